The second kappa shape index (κ2) is 10.1. The van der Waals surface area contributed by atoms with Crippen molar-refractivity contribution >= 4 is 15.9 Å². The molecule has 1 heterocycles. The Labute approximate surface area is 189 Å². The van der Waals surface area contributed by atoms with Crippen molar-refractivity contribution in [1.82, 2.24) is 9.62 Å². The second-order valence-corrected chi connectivity index (χ2v) is 10.6. The molecule has 0 bridgehead atoms. The number of carbonyl (C=O) groups excluding carboxylic acids is 1. The number of amides is 1. The third-order valence-electron chi connectivity index (χ3n) is 5.71. The van der Waals surface area contributed by atoms with E-state index in [2.05, 4.69) is 19.2 Å². The molecule has 174 valence electrons. The molecular formula is C24H31FN2O4S. The summed E-state index contributed by atoms with van der Waals surface area (Å²) in [5.41, 5.74) is 1.81. The minimum absolute atomic E-state index is 0.0483. The summed E-state index contributed by atoms with van der Waals surface area (Å²) < 4.78 is 46.9. The molecule has 6 nitrogen and oxygen atoms in total. The number of sulfonamides is 1. The van der Waals surface area contributed by atoms with Crippen molar-refractivity contribution in [2.24, 2.45) is 5.92 Å². The van der Waals surface area contributed by atoms with E-state index < -0.39 is 21.7 Å². The van der Waals surface area contributed by atoms with Gasteiger partial charge in [-0.25, -0.2) is 12.8 Å². The maximum absolute atomic E-state index is 14.6. The van der Waals surface area contributed by atoms with Crippen LogP contribution in [0.15, 0.2) is 47.4 Å². The third kappa shape index (κ3) is 5.36. The van der Waals surface area contributed by atoms with Crippen LogP contribution in [0.3, 0.4) is 0 Å². The van der Waals surface area contributed by atoms with E-state index in [0.717, 1.165) is 17.7 Å². The zero-order valence-corrected chi connectivity index (χ0v) is 19.8. The van der Waals surface area contributed by atoms with Gasteiger partial charge in [0.25, 0.3) is 5.91 Å². The summed E-state index contributed by atoms with van der Waals surface area (Å²) in [6.45, 7) is 9.22. The van der Waals surface area contributed by atoms with Gasteiger partial charge in [0.1, 0.15) is 5.82 Å². The summed E-state index contributed by atoms with van der Waals surface area (Å²) in [5, 5.41) is 2.89. The van der Waals surface area contributed by atoms with Gasteiger partial charge in [-0.3, -0.25) is 4.79 Å². The average Bonchev–Trinajstić information content (AvgIpc) is 2.78. The van der Waals surface area contributed by atoms with Crippen molar-refractivity contribution in [2.45, 2.75) is 44.6 Å². The van der Waals surface area contributed by atoms with E-state index in [-0.39, 0.29) is 35.5 Å². The average molecular weight is 463 g/mol. The van der Waals surface area contributed by atoms with E-state index in [1.807, 2.05) is 38.1 Å². The maximum atomic E-state index is 14.6. The van der Waals surface area contributed by atoms with E-state index in [0.29, 0.717) is 19.1 Å². The summed E-state index contributed by atoms with van der Waals surface area (Å²) in [5.74, 6) is -0.970. The largest absolute Gasteiger partial charge is 0.379 e. The van der Waals surface area contributed by atoms with Crippen molar-refractivity contribution in [2.75, 3.05) is 26.3 Å². The molecule has 32 heavy (non-hydrogen) atoms. The third-order valence-corrected chi connectivity index (χ3v) is 7.60. The van der Waals surface area contributed by atoms with Crippen molar-refractivity contribution in [3.63, 3.8) is 0 Å². The lowest BCUT2D eigenvalue weighted by Gasteiger charge is -2.26. The first-order valence-corrected chi connectivity index (χ1v) is 12.3. The predicted molar refractivity (Wildman–Crippen MR) is 122 cm³/mol. The van der Waals surface area contributed by atoms with E-state index >= 15 is 0 Å². The van der Waals surface area contributed by atoms with Crippen LogP contribution in [0.4, 0.5) is 4.39 Å². The second-order valence-electron chi connectivity index (χ2n) is 8.67. The number of rotatable bonds is 7. The zero-order chi connectivity index (χ0) is 23.5. The number of benzene rings is 2. The summed E-state index contributed by atoms with van der Waals surface area (Å²) in [6, 6.07) is 11.0. The lowest BCUT2D eigenvalue weighted by Crippen LogP contribution is -2.40. The fraction of sp³-hybridized carbons (Fsp3) is 0.458. The molecule has 1 saturated heterocycles. The van der Waals surface area contributed by atoms with Crippen LogP contribution >= 0.6 is 0 Å². The van der Waals surface area contributed by atoms with Gasteiger partial charge < -0.3 is 10.1 Å². The number of hydrogen-bond acceptors (Lipinski definition) is 4. The molecule has 0 saturated carbocycles. The molecule has 8 heteroatoms. The topological polar surface area (TPSA) is 75.7 Å². The normalized spacial score (nSPS) is 16.3. The van der Waals surface area contributed by atoms with Crippen LogP contribution < -0.4 is 5.32 Å². The van der Waals surface area contributed by atoms with Crippen LogP contribution in [-0.4, -0.2) is 44.9 Å². The Balaban J connectivity index is 1.86. The van der Waals surface area contributed by atoms with Gasteiger partial charge in [0, 0.05) is 13.1 Å². The van der Waals surface area contributed by atoms with E-state index in [9.17, 15) is 17.6 Å². The Bertz CT molecular complexity index is 1050. The summed E-state index contributed by atoms with van der Waals surface area (Å²) in [6.07, 6.45) is 0. The molecule has 1 unspecified atom stereocenters. The van der Waals surface area contributed by atoms with Gasteiger partial charge in [-0.1, -0.05) is 52.0 Å². The molecule has 3 rings (SSSR count). The smallest absolute Gasteiger partial charge is 0.254 e. The minimum atomic E-state index is -3.84. The van der Waals surface area contributed by atoms with Crippen molar-refractivity contribution in [3.05, 3.63) is 65.0 Å². The minimum Gasteiger partial charge on any atom is -0.379 e. The monoisotopic (exact) mass is 462 g/mol. The number of nitrogens with zero attached hydrogens (tertiary/aromatic N) is 1. The first-order chi connectivity index (χ1) is 15.1. The molecule has 1 aliphatic heterocycles. The molecule has 1 fully saturated rings. The van der Waals surface area contributed by atoms with Crippen molar-refractivity contribution < 1.29 is 22.3 Å². The molecule has 1 amide bonds. The first kappa shape index (κ1) is 24.4. The van der Waals surface area contributed by atoms with Crippen LogP contribution in [0.5, 0.6) is 0 Å². The first-order valence-electron chi connectivity index (χ1n) is 10.9. The predicted octanol–water partition coefficient (Wildman–Crippen LogP) is 4.10. The van der Waals surface area contributed by atoms with Crippen molar-refractivity contribution in [3.8, 4) is 0 Å². The Kier molecular flexibility index (Phi) is 7.69. The van der Waals surface area contributed by atoms with E-state index in [4.69, 9.17) is 4.74 Å². The number of ether oxygens (including phenoxy) is 1. The van der Waals surface area contributed by atoms with E-state index in [1.165, 1.54) is 15.9 Å². The lowest BCUT2D eigenvalue weighted by atomic mass is 9.93. The standard InChI is InChI=1S/C24H31FN2O4S/c1-16(2)18-5-7-19(8-6-18)23(17(3)4)26-24(28)21-15-20(9-10-22(21)25)32(29,30)27-11-13-31-14-12-27/h5-10,15-17,23H,11-14H2,1-4H3,(H,26,28). The van der Waals surface area contributed by atoms with Gasteiger partial charge in [-0.15, -0.1) is 0 Å². The van der Waals surface area contributed by atoms with Crippen LogP contribution in [0, 0.1) is 11.7 Å². The van der Waals surface area contributed by atoms with Crippen LogP contribution in [0.2, 0.25) is 0 Å². The molecule has 0 aromatic heterocycles. The molecule has 0 aliphatic carbocycles. The van der Waals surface area contributed by atoms with Crippen molar-refractivity contribution in [1.29, 1.82) is 0 Å². The fourth-order valence-electron chi connectivity index (χ4n) is 3.72. The Hall–Kier alpha value is -2.29. The maximum Gasteiger partial charge on any atom is 0.254 e. The van der Waals surface area contributed by atoms with E-state index in [1.54, 1.807) is 0 Å². The number of carbonyl (C=O) groups is 1. The SMILES string of the molecule is CC(C)c1ccc(C(NC(=O)c2cc(S(=O)(=O)N3CCOCC3)ccc2F)C(C)C)cc1. The molecular weight excluding hydrogens is 431 g/mol. The van der Waals surface area contributed by atoms with Gasteiger partial charge in [-0.2, -0.15) is 4.31 Å². The summed E-state index contributed by atoms with van der Waals surface area (Å²) >= 11 is 0. The fourth-order valence-corrected chi connectivity index (χ4v) is 5.15. The zero-order valence-electron chi connectivity index (χ0n) is 19.0. The molecule has 1 N–H and O–H groups in total. The van der Waals surface area contributed by atoms with Crippen LogP contribution in [-0.2, 0) is 14.8 Å². The number of hydrogen-bond donors (Lipinski definition) is 1. The van der Waals surface area contributed by atoms with Gasteiger partial charge in [0.2, 0.25) is 10.0 Å². The Morgan fingerprint density at radius 2 is 1.59 bits per heavy atom. The van der Waals surface area contributed by atoms with Gasteiger partial charge >= 0.3 is 0 Å². The van der Waals surface area contributed by atoms with Gasteiger partial charge in [0.15, 0.2) is 0 Å². The number of morpholine rings is 1. The molecule has 1 aliphatic rings. The lowest BCUT2D eigenvalue weighted by molar-refractivity contribution is 0.0730. The number of halogens is 1. The highest BCUT2D eigenvalue weighted by Gasteiger charge is 2.28. The summed E-state index contributed by atoms with van der Waals surface area (Å²) in [4.78, 5) is 12.9. The molecule has 2 aromatic carbocycles. The molecule has 0 radical (unpaired) electrons. The highest BCUT2D eigenvalue weighted by atomic mass is 32.2. The van der Waals surface area contributed by atoms with Crippen LogP contribution in [0.25, 0.3) is 0 Å². The highest BCUT2D eigenvalue weighted by molar-refractivity contribution is 7.89. The summed E-state index contributed by atoms with van der Waals surface area (Å²) in [7, 11) is -3.84. The highest BCUT2D eigenvalue weighted by Crippen LogP contribution is 2.26. The number of nitrogens with one attached hydrogen (secondary N) is 1. The Morgan fingerprint density at radius 1 is 1.00 bits per heavy atom. The van der Waals surface area contributed by atoms with Gasteiger partial charge in [0.05, 0.1) is 29.7 Å². The Morgan fingerprint density at radius 3 is 2.16 bits per heavy atom. The quantitative estimate of drug-likeness (QED) is 0.672. The van der Waals surface area contributed by atoms with Gasteiger partial charge in [-0.05, 0) is 41.2 Å². The molecule has 0 spiro atoms. The molecule has 2 aromatic rings. The molecule has 1 atom stereocenters. The van der Waals surface area contributed by atoms with Crippen LogP contribution in [0.1, 0.15) is 61.1 Å².